The van der Waals surface area contributed by atoms with Gasteiger partial charge >= 0.3 is 6.18 Å². The van der Waals surface area contributed by atoms with Crippen LogP contribution < -0.4 is 10.0 Å². The maximum absolute atomic E-state index is 12.7. The van der Waals surface area contributed by atoms with Crippen molar-refractivity contribution in [3.63, 3.8) is 0 Å². The Balaban J connectivity index is 2.23. The van der Waals surface area contributed by atoms with E-state index in [1.54, 1.807) is 6.26 Å². The summed E-state index contributed by atoms with van der Waals surface area (Å²) in [5.41, 5.74) is -0.813. The van der Waals surface area contributed by atoms with Crippen molar-refractivity contribution in [1.82, 2.24) is 4.98 Å². The zero-order chi connectivity index (χ0) is 15.5. The van der Waals surface area contributed by atoms with Gasteiger partial charge in [-0.25, -0.2) is 4.98 Å². The minimum absolute atomic E-state index is 0.0658. The molecule has 2 rings (SSSR count). The molecule has 1 aliphatic rings. The third-order valence-corrected chi connectivity index (χ3v) is 3.80. The van der Waals surface area contributed by atoms with Crippen molar-refractivity contribution in [2.24, 2.45) is 5.92 Å². The molecule has 1 fully saturated rings. The van der Waals surface area contributed by atoms with Gasteiger partial charge in [-0.05, 0) is 18.9 Å². The van der Waals surface area contributed by atoms with E-state index in [0.717, 1.165) is 37.9 Å². The summed E-state index contributed by atoms with van der Waals surface area (Å²) in [7, 11) is 0. The highest BCUT2D eigenvalue weighted by atomic mass is 32.2. The van der Waals surface area contributed by atoms with Crippen molar-refractivity contribution >= 4 is 29.4 Å². The number of pyridine rings is 1. The van der Waals surface area contributed by atoms with Crippen LogP contribution in [-0.4, -0.2) is 17.1 Å². The van der Waals surface area contributed by atoms with E-state index in [0.29, 0.717) is 0 Å². The molecule has 1 saturated carbocycles. The molecule has 0 aromatic carbocycles. The smallest absolute Gasteiger partial charge is 0.323 e. The fourth-order valence-electron chi connectivity index (χ4n) is 2.32. The Labute approximate surface area is 125 Å². The van der Waals surface area contributed by atoms with E-state index < -0.39 is 11.7 Å². The number of aromatic nitrogens is 1. The molecular formula is C13H16F3N3OS. The van der Waals surface area contributed by atoms with E-state index in [4.69, 9.17) is 0 Å². The highest BCUT2D eigenvalue weighted by Crippen LogP contribution is 2.34. The van der Waals surface area contributed by atoms with Crippen molar-refractivity contribution in [1.29, 1.82) is 0 Å². The number of hydrogen-bond acceptors (Lipinski definition) is 4. The predicted octanol–water partition coefficient (Wildman–Crippen LogP) is 3.92. The number of carbonyl (C=O) groups excluding carboxylic acids is 1. The number of alkyl halides is 3. The molecule has 21 heavy (non-hydrogen) atoms. The van der Waals surface area contributed by atoms with Crippen molar-refractivity contribution < 1.29 is 18.0 Å². The molecular weight excluding hydrogens is 303 g/mol. The van der Waals surface area contributed by atoms with Gasteiger partial charge in [-0.15, -0.1) is 0 Å². The summed E-state index contributed by atoms with van der Waals surface area (Å²) in [6.45, 7) is 0. The number of anilines is 2. The normalized spacial score (nSPS) is 16.0. The summed E-state index contributed by atoms with van der Waals surface area (Å²) in [5.74, 6) is -0.138. The largest absolute Gasteiger partial charge is 0.417 e. The molecule has 1 amide bonds. The van der Waals surface area contributed by atoms with Gasteiger partial charge in [0.2, 0.25) is 5.91 Å². The summed E-state index contributed by atoms with van der Waals surface area (Å²) in [4.78, 5) is 15.8. The van der Waals surface area contributed by atoms with E-state index in [-0.39, 0.29) is 23.3 Å². The average Bonchev–Trinajstić information content (AvgIpc) is 2.93. The van der Waals surface area contributed by atoms with Crippen molar-refractivity contribution in [2.45, 2.75) is 31.9 Å². The first-order chi connectivity index (χ1) is 9.91. The van der Waals surface area contributed by atoms with Gasteiger partial charge in [0.05, 0.1) is 11.3 Å². The van der Waals surface area contributed by atoms with Crippen LogP contribution in [0.15, 0.2) is 12.3 Å². The number of hydrogen-bond donors (Lipinski definition) is 2. The van der Waals surface area contributed by atoms with E-state index in [1.807, 2.05) is 0 Å². The molecule has 0 aliphatic heterocycles. The SMILES string of the molecule is CSNc1ncc(C(F)(F)F)cc1NC(=O)C1CCCC1. The van der Waals surface area contributed by atoms with E-state index in [9.17, 15) is 18.0 Å². The second kappa shape index (κ2) is 6.55. The molecule has 116 valence electrons. The average molecular weight is 319 g/mol. The molecule has 1 heterocycles. The van der Waals surface area contributed by atoms with Gasteiger partial charge in [0.25, 0.3) is 0 Å². The molecule has 0 atom stereocenters. The van der Waals surface area contributed by atoms with Crippen LogP contribution in [0.1, 0.15) is 31.2 Å². The third-order valence-electron chi connectivity index (χ3n) is 3.40. The minimum Gasteiger partial charge on any atom is -0.323 e. The Morgan fingerprint density at radius 2 is 2.05 bits per heavy atom. The fraction of sp³-hybridized carbons (Fsp3) is 0.538. The van der Waals surface area contributed by atoms with Gasteiger partial charge < -0.3 is 10.0 Å². The van der Waals surface area contributed by atoms with Crippen LogP contribution in [0, 0.1) is 5.92 Å². The van der Waals surface area contributed by atoms with Gasteiger partial charge in [-0.3, -0.25) is 4.79 Å². The van der Waals surface area contributed by atoms with Crippen molar-refractivity contribution in [3.8, 4) is 0 Å². The van der Waals surface area contributed by atoms with Crippen LogP contribution in [0.3, 0.4) is 0 Å². The van der Waals surface area contributed by atoms with Crippen LogP contribution in [0.5, 0.6) is 0 Å². The molecule has 2 N–H and O–H groups in total. The second-order valence-electron chi connectivity index (χ2n) is 4.89. The monoisotopic (exact) mass is 319 g/mol. The summed E-state index contributed by atoms with van der Waals surface area (Å²) >= 11 is 1.20. The summed E-state index contributed by atoms with van der Waals surface area (Å²) in [6, 6.07) is 0.915. The fourth-order valence-corrected chi connectivity index (χ4v) is 2.67. The van der Waals surface area contributed by atoms with Gasteiger partial charge in [0.15, 0.2) is 5.82 Å². The number of amides is 1. The quantitative estimate of drug-likeness (QED) is 0.826. The minimum atomic E-state index is -4.49. The Bertz CT molecular complexity index is 516. The lowest BCUT2D eigenvalue weighted by Crippen LogP contribution is -2.21. The van der Waals surface area contributed by atoms with Crippen LogP contribution >= 0.6 is 11.9 Å². The number of carbonyl (C=O) groups is 1. The molecule has 0 unspecified atom stereocenters. The molecule has 8 heteroatoms. The van der Waals surface area contributed by atoms with Crippen LogP contribution in [-0.2, 0) is 11.0 Å². The highest BCUT2D eigenvalue weighted by molar-refractivity contribution is 7.99. The Hall–Kier alpha value is -1.44. The molecule has 1 aromatic rings. The lowest BCUT2D eigenvalue weighted by molar-refractivity contribution is -0.137. The zero-order valence-corrected chi connectivity index (χ0v) is 12.3. The number of nitrogens with one attached hydrogen (secondary N) is 2. The Morgan fingerprint density at radius 3 is 2.62 bits per heavy atom. The topological polar surface area (TPSA) is 54.0 Å². The number of nitrogens with zero attached hydrogens (tertiary/aromatic N) is 1. The maximum Gasteiger partial charge on any atom is 0.417 e. The molecule has 4 nitrogen and oxygen atoms in total. The first kappa shape index (κ1) is 15.9. The number of rotatable bonds is 4. The van der Waals surface area contributed by atoms with Crippen LogP contribution in [0.25, 0.3) is 0 Å². The summed E-state index contributed by atoms with van der Waals surface area (Å²) in [6.07, 6.45) is 1.51. The van der Waals surface area contributed by atoms with Crippen molar-refractivity contribution in [2.75, 3.05) is 16.3 Å². The first-order valence-electron chi connectivity index (χ1n) is 6.59. The van der Waals surface area contributed by atoms with Gasteiger partial charge in [0, 0.05) is 18.4 Å². The molecule has 1 aliphatic carbocycles. The van der Waals surface area contributed by atoms with Gasteiger partial charge in [0.1, 0.15) is 0 Å². The standard InChI is InChI=1S/C13H16F3N3OS/c1-21-19-11-10(6-9(7-17-11)13(14,15)16)18-12(20)8-4-2-3-5-8/h6-8H,2-5H2,1H3,(H,17,19)(H,18,20). The molecule has 0 radical (unpaired) electrons. The molecule has 0 spiro atoms. The summed E-state index contributed by atoms with van der Waals surface area (Å²) < 4.78 is 41.0. The first-order valence-corrected chi connectivity index (χ1v) is 7.81. The van der Waals surface area contributed by atoms with Crippen LogP contribution in [0.4, 0.5) is 24.7 Å². The molecule has 0 bridgehead atoms. The Kier molecular flexibility index (Phi) is 4.97. The van der Waals surface area contributed by atoms with Crippen LogP contribution in [0.2, 0.25) is 0 Å². The van der Waals surface area contributed by atoms with E-state index in [1.165, 1.54) is 11.9 Å². The predicted molar refractivity (Wildman–Crippen MR) is 77.0 cm³/mol. The maximum atomic E-state index is 12.7. The van der Waals surface area contributed by atoms with E-state index >= 15 is 0 Å². The molecule has 1 aromatic heterocycles. The highest BCUT2D eigenvalue weighted by Gasteiger charge is 2.32. The number of halogens is 3. The van der Waals surface area contributed by atoms with Gasteiger partial charge in [-0.2, -0.15) is 13.2 Å². The molecule has 0 saturated heterocycles. The second-order valence-corrected chi connectivity index (χ2v) is 5.51. The lowest BCUT2D eigenvalue weighted by Gasteiger charge is -2.15. The van der Waals surface area contributed by atoms with E-state index in [2.05, 4.69) is 15.0 Å². The van der Waals surface area contributed by atoms with Gasteiger partial charge in [-0.1, -0.05) is 24.8 Å². The third kappa shape index (κ3) is 4.03. The Morgan fingerprint density at radius 1 is 1.38 bits per heavy atom. The summed E-state index contributed by atoms with van der Waals surface area (Å²) in [5, 5.41) is 2.57. The van der Waals surface area contributed by atoms with Crippen molar-refractivity contribution in [3.05, 3.63) is 17.8 Å². The lowest BCUT2D eigenvalue weighted by atomic mass is 10.1. The zero-order valence-electron chi connectivity index (χ0n) is 11.5.